The smallest absolute Gasteiger partial charge is 0.319 e. The van der Waals surface area contributed by atoms with Crippen molar-refractivity contribution >= 4 is 11.7 Å². The Kier molecular flexibility index (Phi) is 6.81. The molecule has 0 aliphatic heterocycles. The molecule has 6 heteroatoms. The van der Waals surface area contributed by atoms with E-state index < -0.39 is 0 Å². The Morgan fingerprint density at radius 3 is 2.62 bits per heavy atom. The molecule has 2 rings (SSSR count). The lowest BCUT2D eigenvalue weighted by Gasteiger charge is -2.08. The molecule has 1 aromatic heterocycles. The number of carbonyl (C=O) groups excluding carboxylic acids is 1. The van der Waals surface area contributed by atoms with Crippen molar-refractivity contribution in [3.8, 4) is 0 Å². The normalized spacial score (nSPS) is 10.6. The van der Waals surface area contributed by atoms with E-state index in [1.807, 2.05) is 45.0 Å². The summed E-state index contributed by atoms with van der Waals surface area (Å²) in [5, 5.41) is 9.60. The van der Waals surface area contributed by atoms with E-state index in [9.17, 15) is 4.79 Å². The molecule has 0 saturated carbocycles. The largest absolute Gasteiger partial charge is 0.377 e. The lowest BCUT2D eigenvalue weighted by molar-refractivity contribution is 0.134. The van der Waals surface area contributed by atoms with Gasteiger partial charge in [0, 0.05) is 24.4 Å². The number of aryl methyl sites for hydroxylation is 2. The van der Waals surface area contributed by atoms with Gasteiger partial charge in [-0.15, -0.1) is 0 Å². The molecule has 6 nitrogen and oxygen atoms in total. The number of nitrogens with zero attached hydrogens (tertiary/aromatic N) is 1. The van der Waals surface area contributed by atoms with Gasteiger partial charge in [-0.25, -0.2) is 4.79 Å². The Bertz CT molecular complexity index is 631. The Hall–Kier alpha value is -2.34. The first-order valence-electron chi connectivity index (χ1n) is 8.23. The van der Waals surface area contributed by atoms with Crippen LogP contribution in [0.25, 0.3) is 0 Å². The van der Waals surface area contributed by atoms with Crippen molar-refractivity contribution in [1.29, 1.82) is 0 Å². The molecule has 0 radical (unpaired) electrons. The van der Waals surface area contributed by atoms with Crippen LogP contribution in [0.4, 0.5) is 10.5 Å². The molecular formula is C18H25N3O3. The number of nitrogens with one attached hydrogen (secondary N) is 2. The highest BCUT2D eigenvalue weighted by atomic mass is 16.5. The van der Waals surface area contributed by atoms with E-state index in [0.29, 0.717) is 19.8 Å². The summed E-state index contributed by atoms with van der Waals surface area (Å²) in [6.45, 7) is 7.68. The predicted octanol–water partition coefficient (Wildman–Crippen LogP) is 3.58. The molecule has 0 unspecified atom stereocenters. The SMILES string of the molecule is CCOCc1ccc(NC(=O)NCCCc2c(C)noc2C)cc1. The van der Waals surface area contributed by atoms with Crippen molar-refractivity contribution in [2.45, 2.75) is 40.2 Å². The first-order valence-corrected chi connectivity index (χ1v) is 8.23. The van der Waals surface area contributed by atoms with Crippen LogP contribution in [0.5, 0.6) is 0 Å². The zero-order chi connectivity index (χ0) is 17.4. The minimum Gasteiger partial charge on any atom is -0.377 e. The van der Waals surface area contributed by atoms with Crippen molar-refractivity contribution in [3.05, 3.63) is 46.8 Å². The maximum absolute atomic E-state index is 11.9. The van der Waals surface area contributed by atoms with Crippen molar-refractivity contribution in [2.24, 2.45) is 0 Å². The number of anilines is 1. The first kappa shape index (κ1) is 18.0. The molecule has 0 aliphatic carbocycles. The summed E-state index contributed by atoms with van der Waals surface area (Å²) in [4.78, 5) is 11.9. The van der Waals surface area contributed by atoms with Crippen LogP contribution >= 0.6 is 0 Å². The number of aromatic nitrogens is 1. The Morgan fingerprint density at radius 2 is 2.00 bits per heavy atom. The molecule has 0 saturated heterocycles. The second-order valence-corrected chi connectivity index (χ2v) is 5.62. The average molecular weight is 331 g/mol. The number of ether oxygens (including phenoxy) is 1. The van der Waals surface area contributed by atoms with Gasteiger partial charge in [-0.2, -0.15) is 0 Å². The summed E-state index contributed by atoms with van der Waals surface area (Å²) in [6.07, 6.45) is 1.68. The van der Waals surface area contributed by atoms with Crippen LogP contribution in [-0.4, -0.2) is 24.3 Å². The first-order chi connectivity index (χ1) is 11.6. The molecule has 1 heterocycles. The van der Waals surface area contributed by atoms with Crippen molar-refractivity contribution < 1.29 is 14.1 Å². The molecule has 0 spiro atoms. The Labute approximate surface area is 142 Å². The average Bonchev–Trinajstić information content (AvgIpc) is 2.89. The molecule has 0 atom stereocenters. The molecular weight excluding hydrogens is 306 g/mol. The van der Waals surface area contributed by atoms with E-state index in [1.165, 1.54) is 0 Å². The molecule has 0 bridgehead atoms. The second-order valence-electron chi connectivity index (χ2n) is 5.62. The van der Waals surface area contributed by atoms with Gasteiger partial charge in [0.05, 0.1) is 12.3 Å². The van der Waals surface area contributed by atoms with E-state index in [-0.39, 0.29) is 6.03 Å². The summed E-state index contributed by atoms with van der Waals surface area (Å²) in [5.74, 6) is 0.851. The van der Waals surface area contributed by atoms with Gasteiger partial charge in [-0.3, -0.25) is 0 Å². The van der Waals surface area contributed by atoms with Crippen LogP contribution in [0.15, 0.2) is 28.8 Å². The highest BCUT2D eigenvalue weighted by molar-refractivity contribution is 5.89. The van der Waals surface area contributed by atoms with Gasteiger partial charge in [0.2, 0.25) is 0 Å². The molecule has 2 aromatic rings. The fourth-order valence-corrected chi connectivity index (χ4v) is 2.41. The number of hydrogen-bond donors (Lipinski definition) is 2. The van der Waals surface area contributed by atoms with E-state index in [1.54, 1.807) is 0 Å². The number of urea groups is 1. The summed E-state index contributed by atoms with van der Waals surface area (Å²) < 4.78 is 10.5. The molecule has 24 heavy (non-hydrogen) atoms. The van der Waals surface area contributed by atoms with E-state index >= 15 is 0 Å². The zero-order valence-electron chi connectivity index (χ0n) is 14.5. The van der Waals surface area contributed by atoms with Gasteiger partial charge in [0.1, 0.15) is 5.76 Å². The number of benzene rings is 1. The third-order valence-corrected chi connectivity index (χ3v) is 3.75. The van der Waals surface area contributed by atoms with Crippen molar-refractivity contribution in [1.82, 2.24) is 10.5 Å². The van der Waals surface area contributed by atoms with Gasteiger partial charge < -0.3 is 19.9 Å². The number of carbonyl (C=O) groups is 1. The Balaban J connectivity index is 1.69. The standard InChI is InChI=1S/C18H25N3O3/c1-4-23-12-15-7-9-16(10-8-15)20-18(22)19-11-5-6-17-13(2)21-24-14(17)3/h7-10H,4-6,11-12H2,1-3H3,(H2,19,20,22). The second kappa shape index (κ2) is 9.08. The van der Waals surface area contributed by atoms with Gasteiger partial charge >= 0.3 is 6.03 Å². The lowest BCUT2D eigenvalue weighted by Crippen LogP contribution is -2.29. The lowest BCUT2D eigenvalue weighted by atomic mass is 10.1. The summed E-state index contributed by atoms with van der Waals surface area (Å²) in [6, 6.07) is 7.44. The summed E-state index contributed by atoms with van der Waals surface area (Å²) in [5.41, 5.74) is 3.90. The van der Waals surface area contributed by atoms with Crippen LogP contribution in [0, 0.1) is 13.8 Å². The molecule has 2 amide bonds. The number of hydrogen-bond acceptors (Lipinski definition) is 4. The minimum atomic E-state index is -0.202. The molecule has 130 valence electrons. The zero-order valence-corrected chi connectivity index (χ0v) is 14.5. The fraction of sp³-hybridized carbons (Fsp3) is 0.444. The highest BCUT2D eigenvalue weighted by Gasteiger charge is 2.08. The molecule has 2 N–H and O–H groups in total. The molecule has 0 aliphatic rings. The van der Waals surface area contributed by atoms with Gasteiger partial charge in [-0.1, -0.05) is 17.3 Å². The Morgan fingerprint density at radius 1 is 1.25 bits per heavy atom. The maximum Gasteiger partial charge on any atom is 0.319 e. The predicted molar refractivity (Wildman–Crippen MR) is 93.1 cm³/mol. The highest BCUT2D eigenvalue weighted by Crippen LogP contribution is 2.14. The molecule has 1 aromatic carbocycles. The number of amides is 2. The molecule has 0 fully saturated rings. The number of rotatable bonds is 8. The van der Waals surface area contributed by atoms with E-state index in [2.05, 4.69) is 15.8 Å². The van der Waals surface area contributed by atoms with E-state index in [0.717, 1.165) is 41.1 Å². The summed E-state index contributed by atoms with van der Waals surface area (Å²) >= 11 is 0. The van der Waals surface area contributed by atoms with Gasteiger partial charge in [0.25, 0.3) is 0 Å². The minimum absolute atomic E-state index is 0.202. The van der Waals surface area contributed by atoms with Crippen LogP contribution in [-0.2, 0) is 17.8 Å². The maximum atomic E-state index is 11.9. The van der Waals surface area contributed by atoms with Crippen molar-refractivity contribution in [2.75, 3.05) is 18.5 Å². The summed E-state index contributed by atoms with van der Waals surface area (Å²) in [7, 11) is 0. The quantitative estimate of drug-likeness (QED) is 0.725. The van der Waals surface area contributed by atoms with E-state index in [4.69, 9.17) is 9.26 Å². The van der Waals surface area contributed by atoms with Crippen LogP contribution in [0.3, 0.4) is 0 Å². The van der Waals surface area contributed by atoms with Crippen LogP contribution in [0.2, 0.25) is 0 Å². The third-order valence-electron chi connectivity index (χ3n) is 3.75. The van der Waals surface area contributed by atoms with Gasteiger partial charge in [0.15, 0.2) is 0 Å². The van der Waals surface area contributed by atoms with Crippen LogP contribution in [0.1, 0.15) is 35.9 Å². The topological polar surface area (TPSA) is 76.4 Å². The van der Waals surface area contributed by atoms with Gasteiger partial charge in [-0.05, 0) is 51.3 Å². The van der Waals surface area contributed by atoms with Crippen LogP contribution < -0.4 is 10.6 Å². The monoisotopic (exact) mass is 331 g/mol. The third kappa shape index (κ3) is 5.38. The fourth-order valence-electron chi connectivity index (χ4n) is 2.41. The van der Waals surface area contributed by atoms with Crippen molar-refractivity contribution in [3.63, 3.8) is 0 Å².